The maximum Gasteiger partial charge on any atom is 0.319 e. The molecule has 90 valence electrons. The standard InChI is InChI=1S/C13H15NO3/c1-14-8-7-13(11(14)15,12(16)17)9-10-5-3-2-4-6-10/h2-6H,7-9H2,1H3,(H,16,17)/t13-/m1/s1. The lowest BCUT2D eigenvalue weighted by molar-refractivity contribution is -0.155. The highest BCUT2D eigenvalue weighted by molar-refractivity contribution is 6.03. The molecule has 1 aromatic carbocycles. The van der Waals surface area contributed by atoms with Gasteiger partial charge in [-0.2, -0.15) is 0 Å². The van der Waals surface area contributed by atoms with Crippen LogP contribution in [0.25, 0.3) is 0 Å². The van der Waals surface area contributed by atoms with Gasteiger partial charge in [0.1, 0.15) is 0 Å². The van der Waals surface area contributed by atoms with Crippen LogP contribution in [0.15, 0.2) is 30.3 Å². The second-order valence-corrected chi connectivity index (χ2v) is 4.53. The Morgan fingerprint density at radius 1 is 1.41 bits per heavy atom. The van der Waals surface area contributed by atoms with Gasteiger partial charge in [0.05, 0.1) is 0 Å². The van der Waals surface area contributed by atoms with Gasteiger partial charge in [0, 0.05) is 13.6 Å². The topological polar surface area (TPSA) is 57.6 Å². The van der Waals surface area contributed by atoms with E-state index < -0.39 is 11.4 Å². The minimum absolute atomic E-state index is 0.270. The monoisotopic (exact) mass is 233 g/mol. The summed E-state index contributed by atoms with van der Waals surface area (Å²) in [6.45, 7) is 0.512. The second-order valence-electron chi connectivity index (χ2n) is 4.53. The average Bonchev–Trinajstić information content (AvgIpc) is 2.60. The first-order valence-electron chi connectivity index (χ1n) is 5.59. The van der Waals surface area contributed by atoms with Crippen molar-refractivity contribution in [2.24, 2.45) is 5.41 Å². The summed E-state index contributed by atoms with van der Waals surface area (Å²) in [6.07, 6.45) is 0.652. The summed E-state index contributed by atoms with van der Waals surface area (Å²) in [7, 11) is 1.65. The summed E-state index contributed by atoms with van der Waals surface area (Å²) >= 11 is 0. The Labute approximate surface area is 99.9 Å². The van der Waals surface area contributed by atoms with Crippen molar-refractivity contribution in [2.75, 3.05) is 13.6 Å². The largest absolute Gasteiger partial charge is 0.480 e. The molecule has 0 spiro atoms. The highest BCUT2D eigenvalue weighted by Gasteiger charge is 2.51. The molecule has 4 heteroatoms. The lowest BCUT2D eigenvalue weighted by Gasteiger charge is -2.22. The highest BCUT2D eigenvalue weighted by atomic mass is 16.4. The number of benzene rings is 1. The van der Waals surface area contributed by atoms with Gasteiger partial charge in [-0.1, -0.05) is 30.3 Å². The molecule has 0 bridgehead atoms. The van der Waals surface area contributed by atoms with Gasteiger partial charge in [0.15, 0.2) is 5.41 Å². The molecule has 1 atom stereocenters. The van der Waals surface area contributed by atoms with E-state index in [2.05, 4.69) is 0 Å². The van der Waals surface area contributed by atoms with E-state index in [0.717, 1.165) is 5.56 Å². The molecule has 4 nitrogen and oxygen atoms in total. The Morgan fingerprint density at radius 3 is 2.53 bits per heavy atom. The number of carboxylic acid groups (broad SMARTS) is 1. The molecule has 0 aromatic heterocycles. The lowest BCUT2D eigenvalue weighted by atomic mass is 9.80. The second kappa shape index (κ2) is 4.20. The van der Waals surface area contributed by atoms with Crippen LogP contribution in [0.4, 0.5) is 0 Å². The fraction of sp³-hybridized carbons (Fsp3) is 0.385. The summed E-state index contributed by atoms with van der Waals surface area (Å²) in [5, 5.41) is 9.37. The smallest absolute Gasteiger partial charge is 0.319 e. The summed E-state index contributed by atoms with van der Waals surface area (Å²) < 4.78 is 0. The first-order valence-corrected chi connectivity index (χ1v) is 5.59. The van der Waals surface area contributed by atoms with Crippen LogP contribution >= 0.6 is 0 Å². The van der Waals surface area contributed by atoms with Crippen molar-refractivity contribution in [2.45, 2.75) is 12.8 Å². The van der Waals surface area contributed by atoms with E-state index in [-0.39, 0.29) is 12.3 Å². The predicted molar refractivity (Wildman–Crippen MR) is 62.5 cm³/mol. The Morgan fingerprint density at radius 2 is 2.06 bits per heavy atom. The molecule has 0 unspecified atom stereocenters. The maximum absolute atomic E-state index is 12.0. The zero-order chi connectivity index (χ0) is 12.5. The third-order valence-corrected chi connectivity index (χ3v) is 3.39. The number of aliphatic carboxylic acids is 1. The van der Waals surface area contributed by atoms with Gasteiger partial charge in [-0.05, 0) is 18.4 Å². The van der Waals surface area contributed by atoms with E-state index in [1.165, 1.54) is 4.90 Å². The Balaban J connectivity index is 2.31. The number of rotatable bonds is 3. The van der Waals surface area contributed by atoms with E-state index >= 15 is 0 Å². The van der Waals surface area contributed by atoms with Crippen LogP contribution in [0.3, 0.4) is 0 Å². The lowest BCUT2D eigenvalue weighted by Crippen LogP contribution is -2.41. The maximum atomic E-state index is 12.0. The number of carbonyl (C=O) groups excluding carboxylic acids is 1. The predicted octanol–water partition coefficient (Wildman–Crippen LogP) is 1.16. The average molecular weight is 233 g/mol. The van der Waals surface area contributed by atoms with E-state index in [0.29, 0.717) is 13.0 Å². The molecule has 0 aliphatic carbocycles. The van der Waals surface area contributed by atoms with Gasteiger partial charge >= 0.3 is 5.97 Å². The van der Waals surface area contributed by atoms with Gasteiger partial charge in [-0.3, -0.25) is 9.59 Å². The Bertz CT molecular complexity index is 443. The van der Waals surface area contributed by atoms with Crippen molar-refractivity contribution in [1.29, 1.82) is 0 Å². The van der Waals surface area contributed by atoms with Crippen molar-refractivity contribution in [1.82, 2.24) is 4.90 Å². The summed E-state index contributed by atoms with van der Waals surface area (Å²) in [6, 6.07) is 9.30. The normalized spacial score (nSPS) is 24.1. The van der Waals surface area contributed by atoms with Gasteiger partial charge in [-0.25, -0.2) is 0 Å². The van der Waals surface area contributed by atoms with Gasteiger partial charge in [0.2, 0.25) is 5.91 Å². The highest BCUT2D eigenvalue weighted by Crippen LogP contribution is 2.35. The number of hydrogen-bond donors (Lipinski definition) is 1. The SMILES string of the molecule is CN1CC[C@](Cc2ccccc2)(C(=O)O)C1=O. The Kier molecular flexibility index (Phi) is 2.88. The Hall–Kier alpha value is -1.84. The van der Waals surface area contributed by atoms with Crippen molar-refractivity contribution in [3.8, 4) is 0 Å². The fourth-order valence-electron chi connectivity index (χ4n) is 2.31. The molecule has 17 heavy (non-hydrogen) atoms. The molecule has 0 saturated carbocycles. The number of hydrogen-bond acceptors (Lipinski definition) is 2. The molecule has 1 aromatic rings. The molecule has 0 radical (unpaired) electrons. The van der Waals surface area contributed by atoms with Crippen LogP contribution in [0.2, 0.25) is 0 Å². The molecule has 1 fully saturated rings. The zero-order valence-corrected chi connectivity index (χ0v) is 9.72. The summed E-state index contributed by atoms with van der Waals surface area (Å²) in [4.78, 5) is 25.0. The molecule has 1 amide bonds. The van der Waals surface area contributed by atoms with E-state index in [1.54, 1.807) is 7.05 Å². The van der Waals surface area contributed by atoms with Crippen LogP contribution in [0, 0.1) is 5.41 Å². The van der Waals surface area contributed by atoms with E-state index in [4.69, 9.17) is 0 Å². The first-order chi connectivity index (χ1) is 8.06. The van der Waals surface area contributed by atoms with Crippen LogP contribution in [-0.4, -0.2) is 35.5 Å². The first kappa shape index (κ1) is 11.6. The molecule has 1 aliphatic rings. The molecule has 1 aliphatic heterocycles. The van der Waals surface area contributed by atoms with Crippen LogP contribution in [0.5, 0.6) is 0 Å². The molecular formula is C13H15NO3. The van der Waals surface area contributed by atoms with Crippen LogP contribution < -0.4 is 0 Å². The van der Waals surface area contributed by atoms with Crippen molar-refractivity contribution < 1.29 is 14.7 Å². The van der Waals surface area contributed by atoms with Gasteiger partial charge in [-0.15, -0.1) is 0 Å². The quantitative estimate of drug-likeness (QED) is 0.797. The molecule has 1 saturated heterocycles. The molecular weight excluding hydrogens is 218 g/mol. The third kappa shape index (κ3) is 1.90. The van der Waals surface area contributed by atoms with Gasteiger partial charge in [0.25, 0.3) is 0 Å². The van der Waals surface area contributed by atoms with E-state index in [9.17, 15) is 14.7 Å². The number of likely N-dealkylation sites (tertiary alicyclic amines) is 1. The zero-order valence-electron chi connectivity index (χ0n) is 9.72. The molecule has 2 rings (SSSR count). The number of amides is 1. The van der Waals surface area contributed by atoms with Crippen molar-refractivity contribution in [3.63, 3.8) is 0 Å². The minimum Gasteiger partial charge on any atom is -0.480 e. The van der Waals surface area contributed by atoms with E-state index in [1.807, 2.05) is 30.3 Å². The third-order valence-electron chi connectivity index (χ3n) is 3.39. The summed E-state index contributed by atoms with van der Waals surface area (Å²) in [5.41, 5.74) is -0.380. The van der Waals surface area contributed by atoms with Crippen molar-refractivity contribution in [3.05, 3.63) is 35.9 Å². The van der Waals surface area contributed by atoms with Gasteiger partial charge < -0.3 is 10.0 Å². The number of nitrogens with zero attached hydrogens (tertiary/aromatic N) is 1. The van der Waals surface area contributed by atoms with Crippen LogP contribution in [-0.2, 0) is 16.0 Å². The van der Waals surface area contributed by atoms with Crippen molar-refractivity contribution >= 4 is 11.9 Å². The minimum atomic E-state index is -1.27. The summed E-state index contributed by atoms with van der Waals surface area (Å²) in [5.74, 6) is -1.30. The molecule has 1 N–H and O–H groups in total. The fourth-order valence-corrected chi connectivity index (χ4v) is 2.31. The number of carboxylic acids is 1. The van der Waals surface area contributed by atoms with Crippen LogP contribution in [0.1, 0.15) is 12.0 Å². The molecule has 1 heterocycles. The number of carbonyl (C=O) groups is 2.